The minimum Gasteiger partial charge on any atom is -0.364 e. The van der Waals surface area contributed by atoms with Gasteiger partial charge in [0.2, 0.25) is 10.0 Å². The Morgan fingerprint density at radius 3 is 2.43 bits per heavy atom. The third kappa shape index (κ3) is 4.20. The Balaban J connectivity index is 1.30. The quantitative estimate of drug-likeness (QED) is 0.610. The van der Waals surface area contributed by atoms with Gasteiger partial charge in [-0.3, -0.25) is 0 Å². The summed E-state index contributed by atoms with van der Waals surface area (Å²) < 4.78 is 31.0. The van der Waals surface area contributed by atoms with Crippen LogP contribution in [0.2, 0.25) is 0 Å². The zero-order chi connectivity index (χ0) is 19.6. The molecule has 1 aromatic carbocycles. The molecule has 1 heterocycles. The molecule has 4 rings (SSSR count). The van der Waals surface area contributed by atoms with E-state index in [1.54, 1.807) is 0 Å². The van der Waals surface area contributed by atoms with Gasteiger partial charge in [-0.15, -0.1) is 0 Å². The van der Waals surface area contributed by atoms with Crippen molar-refractivity contribution < 1.29 is 17.7 Å². The van der Waals surface area contributed by atoms with Gasteiger partial charge in [0, 0.05) is 24.8 Å². The molecule has 0 bridgehead atoms. The lowest BCUT2D eigenvalue weighted by Crippen LogP contribution is -2.37. The first-order valence-electron chi connectivity index (χ1n) is 9.60. The number of nitrogens with one attached hydrogen (secondary N) is 3. The second-order valence-electron chi connectivity index (χ2n) is 7.26. The topological polar surface area (TPSA) is 113 Å². The fraction of sp³-hybridized carbons (Fsp3) is 0.474. The predicted octanol–water partition coefficient (Wildman–Crippen LogP) is 1.89. The molecule has 0 saturated heterocycles. The first-order chi connectivity index (χ1) is 13.5. The lowest BCUT2D eigenvalue weighted by atomic mass is 9.99. The van der Waals surface area contributed by atoms with Gasteiger partial charge in [-0.2, -0.15) is 0 Å². The summed E-state index contributed by atoms with van der Waals surface area (Å²) in [7, 11) is -3.52. The second-order valence-corrected chi connectivity index (χ2v) is 9.07. The summed E-state index contributed by atoms with van der Waals surface area (Å²) in [6.45, 7) is 0.305. The van der Waals surface area contributed by atoms with E-state index in [2.05, 4.69) is 31.1 Å². The van der Waals surface area contributed by atoms with E-state index < -0.39 is 10.0 Å². The number of hydrogen-bond acceptors (Lipinski definition) is 5. The lowest BCUT2D eigenvalue weighted by Gasteiger charge is -2.16. The molecule has 2 aromatic rings. The van der Waals surface area contributed by atoms with Gasteiger partial charge < -0.3 is 15.2 Å². The Bertz CT molecular complexity index is 938. The van der Waals surface area contributed by atoms with Gasteiger partial charge in [0.25, 0.3) is 0 Å². The monoisotopic (exact) mass is 404 g/mol. The highest BCUT2D eigenvalue weighted by Gasteiger charge is 2.24. The fourth-order valence-electron chi connectivity index (χ4n) is 4.07. The normalized spacial score (nSPS) is 15.3. The van der Waals surface area contributed by atoms with Gasteiger partial charge in [-0.1, -0.05) is 11.2 Å². The largest absolute Gasteiger partial charge is 0.364 e. The van der Waals surface area contributed by atoms with E-state index in [9.17, 15) is 13.2 Å². The third-order valence-corrected chi connectivity index (χ3v) is 6.59. The average Bonchev–Trinajstić information content (AvgIpc) is 3.39. The van der Waals surface area contributed by atoms with Crippen LogP contribution in [0.25, 0.3) is 0 Å². The zero-order valence-corrected chi connectivity index (χ0v) is 16.4. The molecule has 3 N–H and O–H groups in total. The Morgan fingerprint density at radius 1 is 1.07 bits per heavy atom. The SMILES string of the molecule is O=C(NCCNS(=O)(=O)Cc1ccon1)Nc1c2c(cc3c1CCC3)CCC2. The van der Waals surface area contributed by atoms with Crippen molar-refractivity contribution in [1.82, 2.24) is 15.2 Å². The number of amides is 2. The number of hydrogen-bond donors (Lipinski definition) is 3. The van der Waals surface area contributed by atoms with Crippen molar-refractivity contribution in [2.75, 3.05) is 18.4 Å². The van der Waals surface area contributed by atoms with Crippen molar-refractivity contribution in [2.45, 2.75) is 44.3 Å². The Hall–Kier alpha value is -2.39. The first-order valence-corrected chi connectivity index (χ1v) is 11.2. The van der Waals surface area contributed by atoms with Crippen molar-refractivity contribution in [2.24, 2.45) is 0 Å². The molecule has 2 aliphatic carbocycles. The van der Waals surface area contributed by atoms with Crippen LogP contribution in [0, 0.1) is 0 Å². The van der Waals surface area contributed by atoms with Crippen LogP contribution in [0.4, 0.5) is 10.5 Å². The van der Waals surface area contributed by atoms with Gasteiger partial charge in [0.15, 0.2) is 0 Å². The second kappa shape index (κ2) is 7.92. The zero-order valence-electron chi connectivity index (χ0n) is 15.6. The maximum atomic E-state index is 12.4. The molecule has 150 valence electrons. The fourth-order valence-corrected chi connectivity index (χ4v) is 5.12. The standard InChI is InChI=1S/C19H24N4O4S/c24-19(20-8-9-21-28(25,26)12-15-7-10-27-23-15)22-18-16-5-1-3-13(16)11-14-4-2-6-17(14)18/h7,10-11,21H,1-6,8-9,12H2,(H2,20,22,24). The van der Waals surface area contributed by atoms with Crippen LogP contribution < -0.4 is 15.4 Å². The number of rotatable bonds is 7. The highest BCUT2D eigenvalue weighted by Crippen LogP contribution is 2.38. The van der Waals surface area contributed by atoms with E-state index in [1.165, 1.54) is 34.6 Å². The van der Waals surface area contributed by atoms with Crippen molar-refractivity contribution in [3.05, 3.63) is 46.3 Å². The smallest absolute Gasteiger partial charge is 0.319 e. The van der Waals surface area contributed by atoms with E-state index >= 15 is 0 Å². The Labute approximate surface area is 164 Å². The molecular formula is C19H24N4O4S. The highest BCUT2D eigenvalue weighted by molar-refractivity contribution is 7.88. The lowest BCUT2D eigenvalue weighted by molar-refractivity contribution is 0.252. The number of carbonyl (C=O) groups is 1. The van der Waals surface area contributed by atoms with E-state index in [4.69, 9.17) is 0 Å². The molecule has 0 aliphatic heterocycles. The highest BCUT2D eigenvalue weighted by atomic mass is 32.2. The molecule has 0 fully saturated rings. The van der Waals surface area contributed by atoms with Gasteiger partial charge >= 0.3 is 6.03 Å². The van der Waals surface area contributed by atoms with Crippen molar-refractivity contribution >= 4 is 21.7 Å². The number of carbonyl (C=O) groups excluding carboxylic acids is 1. The van der Waals surface area contributed by atoms with Crippen LogP contribution in [0.3, 0.4) is 0 Å². The number of aromatic nitrogens is 1. The van der Waals surface area contributed by atoms with Gasteiger partial charge in [0.05, 0.1) is 5.69 Å². The maximum Gasteiger partial charge on any atom is 0.319 e. The van der Waals surface area contributed by atoms with Crippen LogP contribution in [0.5, 0.6) is 0 Å². The summed E-state index contributed by atoms with van der Waals surface area (Å²) in [5.74, 6) is -0.252. The maximum absolute atomic E-state index is 12.4. The molecule has 2 aliphatic rings. The van der Waals surface area contributed by atoms with Crippen LogP contribution in [-0.4, -0.2) is 32.7 Å². The molecule has 28 heavy (non-hydrogen) atoms. The molecular weight excluding hydrogens is 380 g/mol. The Kier molecular flexibility index (Phi) is 5.36. The van der Waals surface area contributed by atoms with Crippen molar-refractivity contribution in [3.8, 4) is 0 Å². The number of benzene rings is 1. The van der Waals surface area contributed by atoms with Crippen LogP contribution in [-0.2, 0) is 41.5 Å². The van der Waals surface area contributed by atoms with Gasteiger partial charge in [-0.05, 0) is 60.8 Å². The van der Waals surface area contributed by atoms with Crippen LogP contribution in [0.1, 0.15) is 40.8 Å². The number of aryl methyl sites for hydroxylation is 2. The number of fused-ring (bicyclic) bond motifs is 2. The van der Waals surface area contributed by atoms with Crippen molar-refractivity contribution in [1.29, 1.82) is 0 Å². The van der Waals surface area contributed by atoms with Gasteiger partial charge in [0.1, 0.15) is 12.0 Å². The molecule has 0 unspecified atom stereocenters. The summed E-state index contributed by atoms with van der Waals surface area (Å²) in [6.07, 6.45) is 7.73. The number of sulfonamides is 1. The Morgan fingerprint density at radius 2 is 1.79 bits per heavy atom. The molecule has 8 nitrogen and oxygen atoms in total. The minimum atomic E-state index is -3.52. The first kappa shape index (κ1) is 18.9. The average molecular weight is 404 g/mol. The summed E-state index contributed by atoms with van der Waals surface area (Å²) in [5.41, 5.74) is 6.57. The molecule has 0 radical (unpaired) electrons. The van der Waals surface area contributed by atoms with Crippen LogP contribution in [0.15, 0.2) is 22.9 Å². The molecule has 9 heteroatoms. The van der Waals surface area contributed by atoms with E-state index in [-0.39, 0.29) is 24.9 Å². The van der Waals surface area contributed by atoms with Gasteiger partial charge in [-0.25, -0.2) is 17.9 Å². The summed E-state index contributed by atoms with van der Waals surface area (Å²) >= 11 is 0. The third-order valence-electron chi connectivity index (χ3n) is 5.27. The number of urea groups is 1. The van der Waals surface area contributed by atoms with Crippen LogP contribution >= 0.6 is 0 Å². The summed E-state index contributed by atoms with van der Waals surface area (Å²) in [6, 6.07) is 3.52. The van der Waals surface area contributed by atoms with E-state index in [0.29, 0.717) is 5.69 Å². The molecule has 0 saturated carbocycles. The molecule has 0 spiro atoms. The number of anilines is 1. The molecule has 1 aromatic heterocycles. The van der Waals surface area contributed by atoms with Crippen molar-refractivity contribution in [3.63, 3.8) is 0 Å². The number of nitrogens with zero attached hydrogens (tertiary/aromatic N) is 1. The minimum absolute atomic E-state index is 0.110. The predicted molar refractivity (Wildman–Crippen MR) is 105 cm³/mol. The van der Waals surface area contributed by atoms with E-state index in [0.717, 1.165) is 44.2 Å². The molecule has 2 amide bonds. The summed E-state index contributed by atoms with van der Waals surface area (Å²) in [4.78, 5) is 12.4. The van der Waals surface area contributed by atoms with E-state index in [1.807, 2.05) is 0 Å². The molecule has 0 atom stereocenters. The summed E-state index contributed by atoms with van der Waals surface area (Å²) in [5, 5.41) is 9.35.